The van der Waals surface area contributed by atoms with E-state index in [9.17, 15) is 8.42 Å². The van der Waals surface area contributed by atoms with E-state index in [0.29, 0.717) is 23.4 Å². The molecule has 2 rings (SSSR count). The van der Waals surface area contributed by atoms with E-state index < -0.39 is 10.0 Å². The van der Waals surface area contributed by atoms with E-state index in [1.165, 1.54) is 0 Å². The first-order valence-corrected chi connectivity index (χ1v) is 9.15. The molecule has 1 aliphatic rings. The summed E-state index contributed by atoms with van der Waals surface area (Å²) in [7, 11) is -3.49. The van der Waals surface area contributed by atoms with Crippen LogP contribution in [0.2, 0.25) is 0 Å². The number of hydrogen-bond acceptors (Lipinski definition) is 4. The summed E-state index contributed by atoms with van der Waals surface area (Å²) >= 11 is 3.31. The molecule has 0 aromatic carbocycles. The number of halogens is 1. The van der Waals surface area contributed by atoms with Crippen LogP contribution in [-0.2, 0) is 10.0 Å². The molecular formula is C13H20BrN3O2S. The largest absolute Gasteiger partial charge is 0.369 e. The molecule has 1 aliphatic carbocycles. The zero-order valence-corrected chi connectivity index (χ0v) is 14.2. The molecule has 1 heterocycles. The molecule has 0 bridgehead atoms. The van der Waals surface area contributed by atoms with Crippen LogP contribution in [0.5, 0.6) is 0 Å². The van der Waals surface area contributed by atoms with Gasteiger partial charge in [0.15, 0.2) is 0 Å². The van der Waals surface area contributed by atoms with Gasteiger partial charge in [-0.25, -0.2) is 13.4 Å². The van der Waals surface area contributed by atoms with Crippen LogP contribution in [0, 0.1) is 0 Å². The maximum absolute atomic E-state index is 12.8. The minimum Gasteiger partial charge on any atom is -0.369 e. The summed E-state index contributed by atoms with van der Waals surface area (Å²) < 4.78 is 27.9. The molecule has 7 heteroatoms. The highest BCUT2D eigenvalue weighted by Crippen LogP contribution is 2.34. The lowest BCUT2D eigenvalue weighted by Crippen LogP contribution is -2.33. The van der Waals surface area contributed by atoms with Crippen molar-refractivity contribution in [3.63, 3.8) is 0 Å². The number of sulfonamides is 1. The Morgan fingerprint density at radius 2 is 2.15 bits per heavy atom. The van der Waals surface area contributed by atoms with Crippen molar-refractivity contribution in [2.24, 2.45) is 0 Å². The molecule has 1 aromatic rings. The zero-order chi connectivity index (χ0) is 14.8. The van der Waals surface area contributed by atoms with Gasteiger partial charge >= 0.3 is 0 Å². The molecule has 0 amide bonds. The third kappa shape index (κ3) is 3.32. The van der Waals surface area contributed by atoms with Crippen molar-refractivity contribution < 1.29 is 8.42 Å². The second-order valence-corrected chi connectivity index (χ2v) is 7.64. The van der Waals surface area contributed by atoms with E-state index in [2.05, 4.69) is 26.2 Å². The van der Waals surface area contributed by atoms with Gasteiger partial charge in [-0.1, -0.05) is 13.8 Å². The fourth-order valence-corrected chi connectivity index (χ4v) is 4.43. The summed E-state index contributed by atoms with van der Waals surface area (Å²) in [5.41, 5.74) is 0. The standard InChI is InChI=1S/C13H20BrN3O2S/c1-3-7-15-13-12(8-10(14)9-16-13)20(18,19)17(4-2)11-5-6-11/h8-9,11H,3-7H2,1-2H3,(H,15,16). The van der Waals surface area contributed by atoms with Gasteiger partial charge in [0.25, 0.3) is 0 Å². The molecule has 0 unspecified atom stereocenters. The molecule has 0 aliphatic heterocycles. The van der Waals surface area contributed by atoms with Crippen molar-refractivity contribution in [3.8, 4) is 0 Å². The Bertz CT molecular complexity index is 573. The monoisotopic (exact) mass is 361 g/mol. The molecule has 0 radical (unpaired) electrons. The number of pyridine rings is 1. The molecule has 0 atom stereocenters. The minimum atomic E-state index is -3.49. The summed E-state index contributed by atoms with van der Waals surface area (Å²) in [5.74, 6) is 0.439. The lowest BCUT2D eigenvalue weighted by atomic mass is 10.4. The Balaban J connectivity index is 2.40. The number of rotatable bonds is 7. The van der Waals surface area contributed by atoms with E-state index in [1.54, 1.807) is 16.6 Å². The average molecular weight is 362 g/mol. The molecule has 1 aromatic heterocycles. The molecule has 20 heavy (non-hydrogen) atoms. The fraction of sp³-hybridized carbons (Fsp3) is 0.615. The van der Waals surface area contributed by atoms with Crippen molar-refractivity contribution in [1.29, 1.82) is 0 Å². The highest BCUT2D eigenvalue weighted by molar-refractivity contribution is 9.10. The van der Waals surface area contributed by atoms with Crippen LogP contribution >= 0.6 is 15.9 Å². The smallest absolute Gasteiger partial charge is 0.247 e. The molecule has 0 spiro atoms. The van der Waals surface area contributed by atoms with Crippen LogP contribution in [-0.4, -0.2) is 36.8 Å². The SMILES string of the molecule is CCCNc1ncc(Br)cc1S(=O)(=O)N(CC)C1CC1. The van der Waals surface area contributed by atoms with Crippen LogP contribution in [0.3, 0.4) is 0 Å². The summed E-state index contributed by atoms with van der Waals surface area (Å²) in [4.78, 5) is 4.47. The van der Waals surface area contributed by atoms with Gasteiger partial charge in [-0.2, -0.15) is 4.31 Å². The molecule has 1 N–H and O–H groups in total. The van der Waals surface area contributed by atoms with Gasteiger partial charge in [-0.05, 0) is 41.3 Å². The van der Waals surface area contributed by atoms with E-state index in [-0.39, 0.29) is 10.9 Å². The van der Waals surface area contributed by atoms with Crippen molar-refractivity contribution in [2.45, 2.75) is 44.0 Å². The zero-order valence-electron chi connectivity index (χ0n) is 11.8. The van der Waals surface area contributed by atoms with Crippen LogP contribution in [0.1, 0.15) is 33.1 Å². The second-order valence-electron chi connectivity index (χ2n) is 4.87. The summed E-state index contributed by atoms with van der Waals surface area (Å²) in [6.07, 6.45) is 4.43. The minimum absolute atomic E-state index is 0.156. The number of nitrogens with one attached hydrogen (secondary N) is 1. The first-order chi connectivity index (χ1) is 9.50. The number of aromatic nitrogens is 1. The number of hydrogen-bond donors (Lipinski definition) is 1. The predicted molar refractivity (Wildman–Crippen MR) is 83.3 cm³/mol. The number of nitrogens with zero attached hydrogens (tertiary/aromatic N) is 2. The van der Waals surface area contributed by atoms with Crippen LogP contribution < -0.4 is 5.32 Å². The average Bonchev–Trinajstić information content (AvgIpc) is 3.22. The molecule has 1 saturated carbocycles. The van der Waals surface area contributed by atoms with Crippen molar-refractivity contribution in [2.75, 3.05) is 18.4 Å². The third-order valence-electron chi connectivity index (χ3n) is 3.21. The lowest BCUT2D eigenvalue weighted by Gasteiger charge is -2.21. The van der Waals surface area contributed by atoms with Crippen molar-refractivity contribution >= 4 is 31.8 Å². The first-order valence-electron chi connectivity index (χ1n) is 6.92. The Labute approximate surface area is 129 Å². The lowest BCUT2D eigenvalue weighted by molar-refractivity contribution is 0.421. The van der Waals surface area contributed by atoms with Gasteiger partial charge in [0, 0.05) is 29.8 Å². The summed E-state index contributed by atoms with van der Waals surface area (Å²) in [5, 5.41) is 3.10. The molecule has 1 fully saturated rings. The molecule has 0 saturated heterocycles. The van der Waals surface area contributed by atoms with Crippen molar-refractivity contribution in [1.82, 2.24) is 9.29 Å². The Morgan fingerprint density at radius 3 is 2.70 bits per heavy atom. The molecule has 112 valence electrons. The molecule has 5 nitrogen and oxygen atoms in total. The summed E-state index contributed by atoms with van der Waals surface area (Å²) in [6, 6.07) is 1.79. The fourth-order valence-electron chi connectivity index (χ4n) is 2.11. The topological polar surface area (TPSA) is 62.3 Å². The maximum Gasteiger partial charge on any atom is 0.247 e. The van der Waals surface area contributed by atoms with E-state index in [4.69, 9.17) is 0 Å². The van der Waals surface area contributed by atoms with Gasteiger partial charge < -0.3 is 5.32 Å². The van der Waals surface area contributed by atoms with Crippen molar-refractivity contribution in [3.05, 3.63) is 16.7 Å². The van der Waals surface area contributed by atoms with Crippen LogP contribution in [0.25, 0.3) is 0 Å². The summed E-state index contributed by atoms with van der Waals surface area (Å²) in [6.45, 7) is 5.10. The van der Waals surface area contributed by atoms with Crippen LogP contribution in [0.15, 0.2) is 21.6 Å². The van der Waals surface area contributed by atoms with E-state index in [1.807, 2.05) is 13.8 Å². The van der Waals surface area contributed by atoms with Gasteiger partial charge in [-0.15, -0.1) is 0 Å². The van der Waals surface area contributed by atoms with E-state index >= 15 is 0 Å². The van der Waals surface area contributed by atoms with Gasteiger partial charge in [-0.3, -0.25) is 0 Å². The van der Waals surface area contributed by atoms with Gasteiger partial charge in [0.2, 0.25) is 10.0 Å². The van der Waals surface area contributed by atoms with E-state index in [0.717, 1.165) is 19.3 Å². The normalized spacial score (nSPS) is 15.6. The first kappa shape index (κ1) is 15.7. The number of anilines is 1. The Kier molecular flexibility index (Phi) is 5.04. The van der Waals surface area contributed by atoms with Crippen LogP contribution in [0.4, 0.5) is 5.82 Å². The Hall–Kier alpha value is -0.660. The molecular weight excluding hydrogens is 342 g/mol. The van der Waals surface area contributed by atoms with Gasteiger partial charge in [0.05, 0.1) is 0 Å². The quantitative estimate of drug-likeness (QED) is 0.810. The maximum atomic E-state index is 12.8. The highest BCUT2D eigenvalue weighted by Gasteiger charge is 2.38. The van der Waals surface area contributed by atoms with Gasteiger partial charge in [0.1, 0.15) is 10.7 Å². The highest BCUT2D eigenvalue weighted by atomic mass is 79.9. The third-order valence-corrected chi connectivity index (χ3v) is 5.69. The second kappa shape index (κ2) is 6.41. The predicted octanol–water partition coefficient (Wildman–Crippen LogP) is 2.84. The Morgan fingerprint density at radius 1 is 1.45 bits per heavy atom.